The minimum absolute atomic E-state index is 0.0148. The first-order valence-electron chi connectivity index (χ1n) is 7.29. The minimum Gasteiger partial charge on any atom is -0.383 e. The maximum Gasteiger partial charge on any atom is 0.241 e. The van der Waals surface area contributed by atoms with E-state index in [1.54, 1.807) is 37.1 Å². The van der Waals surface area contributed by atoms with Crippen molar-refractivity contribution in [2.75, 3.05) is 13.7 Å². The van der Waals surface area contributed by atoms with Gasteiger partial charge in [0.2, 0.25) is 5.91 Å². The minimum atomic E-state index is -0.448. The maximum absolute atomic E-state index is 14.1. The summed E-state index contributed by atoms with van der Waals surface area (Å²) < 4.78 is 19.4. The normalized spacial score (nSPS) is 23.9. The van der Waals surface area contributed by atoms with E-state index in [2.05, 4.69) is 5.32 Å². The van der Waals surface area contributed by atoms with Crippen LogP contribution in [0, 0.1) is 11.7 Å². The lowest BCUT2D eigenvalue weighted by Crippen LogP contribution is -2.45. The van der Waals surface area contributed by atoms with E-state index >= 15 is 0 Å². The number of rotatable bonds is 5. The summed E-state index contributed by atoms with van der Waals surface area (Å²) in [4.78, 5) is 14.2. The third kappa shape index (κ3) is 3.09. The van der Waals surface area contributed by atoms with Gasteiger partial charge in [0.1, 0.15) is 12.0 Å². The summed E-state index contributed by atoms with van der Waals surface area (Å²) in [5, 5.41) is 3.19. The molecule has 2 rings (SSSR count). The molecule has 0 radical (unpaired) electrons. The van der Waals surface area contributed by atoms with Gasteiger partial charge in [-0.25, -0.2) is 4.39 Å². The first kappa shape index (κ1) is 15.9. The fourth-order valence-corrected chi connectivity index (χ4v) is 2.80. The van der Waals surface area contributed by atoms with Crippen LogP contribution in [0.4, 0.5) is 4.39 Å². The van der Waals surface area contributed by atoms with E-state index < -0.39 is 6.17 Å². The summed E-state index contributed by atoms with van der Waals surface area (Å²) in [5.41, 5.74) is 0.497. The SMILES string of the molecule is COCC(C(C)C)N1C(=O)C(C)NC1c1ccccc1F. The van der Waals surface area contributed by atoms with E-state index in [1.165, 1.54) is 6.07 Å². The van der Waals surface area contributed by atoms with Crippen molar-refractivity contribution in [2.24, 2.45) is 5.92 Å². The second kappa shape index (κ2) is 6.54. The zero-order valence-electron chi connectivity index (χ0n) is 13.0. The average Bonchev–Trinajstić information content (AvgIpc) is 2.72. The van der Waals surface area contributed by atoms with Gasteiger partial charge < -0.3 is 9.64 Å². The number of hydrogen-bond donors (Lipinski definition) is 1. The van der Waals surface area contributed by atoms with Crippen LogP contribution in [0.2, 0.25) is 0 Å². The molecule has 3 unspecified atom stereocenters. The molecular weight excluding hydrogens is 271 g/mol. The smallest absolute Gasteiger partial charge is 0.241 e. The molecule has 1 aromatic carbocycles. The molecule has 1 aromatic rings. The van der Waals surface area contributed by atoms with Gasteiger partial charge in [-0.1, -0.05) is 32.0 Å². The lowest BCUT2D eigenvalue weighted by Gasteiger charge is -2.35. The zero-order valence-corrected chi connectivity index (χ0v) is 13.0. The van der Waals surface area contributed by atoms with E-state index in [9.17, 15) is 9.18 Å². The van der Waals surface area contributed by atoms with Crippen molar-refractivity contribution in [3.05, 3.63) is 35.6 Å². The van der Waals surface area contributed by atoms with Gasteiger partial charge >= 0.3 is 0 Å². The molecule has 1 aliphatic heterocycles. The standard InChI is InChI=1S/C16H23FN2O2/c1-10(2)14(9-21-4)19-15(18-11(3)16(19)20)12-7-5-6-8-13(12)17/h5-8,10-11,14-15,18H,9H2,1-4H3. The van der Waals surface area contributed by atoms with Crippen molar-refractivity contribution in [2.45, 2.75) is 39.0 Å². The summed E-state index contributed by atoms with van der Waals surface area (Å²) in [7, 11) is 1.62. The van der Waals surface area contributed by atoms with Gasteiger partial charge in [0.15, 0.2) is 0 Å². The Morgan fingerprint density at radius 2 is 2.05 bits per heavy atom. The Morgan fingerprint density at radius 3 is 2.62 bits per heavy atom. The third-order valence-corrected chi connectivity index (χ3v) is 3.98. The number of benzene rings is 1. The lowest BCUT2D eigenvalue weighted by molar-refractivity contribution is -0.134. The van der Waals surface area contributed by atoms with Gasteiger partial charge in [-0.3, -0.25) is 10.1 Å². The van der Waals surface area contributed by atoms with Crippen LogP contribution in [-0.4, -0.2) is 36.6 Å². The number of nitrogens with zero attached hydrogens (tertiary/aromatic N) is 1. The molecule has 1 fully saturated rings. The summed E-state index contributed by atoms with van der Waals surface area (Å²) in [6.45, 7) is 6.32. The zero-order chi connectivity index (χ0) is 15.6. The summed E-state index contributed by atoms with van der Waals surface area (Å²) >= 11 is 0. The number of carbonyl (C=O) groups excluding carboxylic acids is 1. The molecule has 0 bridgehead atoms. The molecular formula is C16H23FN2O2. The predicted molar refractivity (Wildman–Crippen MR) is 79.1 cm³/mol. The maximum atomic E-state index is 14.1. The Bertz CT molecular complexity index is 507. The number of hydrogen-bond acceptors (Lipinski definition) is 3. The molecule has 0 aliphatic carbocycles. The van der Waals surface area contributed by atoms with Crippen molar-refractivity contribution in [1.29, 1.82) is 0 Å². The molecule has 1 N–H and O–H groups in total. The molecule has 1 aliphatic rings. The number of nitrogens with one attached hydrogen (secondary N) is 1. The molecule has 0 spiro atoms. The lowest BCUT2D eigenvalue weighted by atomic mass is 10.0. The molecule has 1 amide bonds. The molecule has 0 saturated carbocycles. The van der Waals surface area contributed by atoms with Crippen LogP contribution in [-0.2, 0) is 9.53 Å². The Kier molecular flexibility index (Phi) is 4.96. The number of ether oxygens (including phenoxy) is 1. The number of amides is 1. The second-order valence-electron chi connectivity index (χ2n) is 5.82. The van der Waals surface area contributed by atoms with E-state index in [-0.39, 0.29) is 29.7 Å². The molecule has 3 atom stereocenters. The average molecular weight is 294 g/mol. The molecule has 21 heavy (non-hydrogen) atoms. The number of halogens is 1. The van der Waals surface area contributed by atoms with Gasteiger partial charge in [-0.2, -0.15) is 0 Å². The molecule has 116 valence electrons. The number of methoxy groups -OCH3 is 1. The first-order chi connectivity index (χ1) is 9.97. The van der Waals surface area contributed by atoms with Crippen LogP contribution >= 0.6 is 0 Å². The van der Waals surface area contributed by atoms with E-state index in [0.29, 0.717) is 12.2 Å². The fourth-order valence-electron chi connectivity index (χ4n) is 2.80. The summed E-state index contributed by atoms with van der Waals surface area (Å²) in [5.74, 6) is -0.101. The third-order valence-electron chi connectivity index (χ3n) is 3.98. The quantitative estimate of drug-likeness (QED) is 0.906. The van der Waals surface area contributed by atoms with Gasteiger partial charge in [0.25, 0.3) is 0 Å². The largest absolute Gasteiger partial charge is 0.383 e. The Labute approximate surface area is 125 Å². The highest BCUT2D eigenvalue weighted by Gasteiger charge is 2.42. The van der Waals surface area contributed by atoms with Crippen molar-refractivity contribution in [3.8, 4) is 0 Å². The monoisotopic (exact) mass is 294 g/mol. The van der Waals surface area contributed by atoms with E-state index in [0.717, 1.165) is 0 Å². The molecule has 1 saturated heterocycles. The topological polar surface area (TPSA) is 41.6 Å². The number of carbonyl (C=O) groups is 1. The van der Waals surface area contributed by atoms with Crippen LogP contribution in [0.1, 0.15) is 32.5 Å². The summed E-state index contributed by atoms with van der Waals surface area (Å²) in [6.07, 6.45) is -0.448. The van der Waals surface area contributed by atoms with Crippen molar-refractivity contribution < 1.29 is 13.9 Å². The van der Waals surface area contributed by atoms with Crippen molar-refractivity contribution in [3.63, 3.8) is 0 Å². The van der Waals surface area contributed by atoms with Crippen LogP contribution in [0.5, 0.6) is 0 Å². The highest BCUT2D eigenvalue weighted by Crippen LogP contribution is 2.31. The van der Waals surface area contributed by atoms with E-state index in [1.807, 2.05) is 13.8 Å². The highest BCUT2D eigenvalue weighted by molar-refractivity contribution is 5.84. The van der Waals surface area contributed by atoms with Crippen LogP contribution in [0.25, 0.3) is 0 Å². The summed E-state index contributed by atoms with van der Waals surface area (Å²) in [6, 6.07) is 6.15. The molecule has 1 heterocycles. The Balaban J connectivity index is 2.39. The van der Waals surface area contributed by atoms with Crippen LogP contribution in [0.15, 0.2) is 24.3 Å². The van der Waals surface area contributed by atoms with Gasteiger partial charge in [0.05, 0.1) is 18.7 Å². The van der Waals surface area contributed by atoms with Crippen LogP contribution < -0.4 is 5.32 Å². The highest BCUT2D eigenvalue weighted by atomic mass is 19.1. The van der Waals surface area contributed by atoms with E-state index in [4.69, 9.17) is 4.74 Å². The molecule has 5 heteroatoms. The van der Waals surface area contributed by atoms with Gasteiger partial charge in [0, 0.05) is 12.7 Å². The van der Waals surface area contributed by atoms with Gasteiger partial charge in [-0.15, -0.1) is 0 Å². The predicted octanol–water partition coefficient (Wildman–Crippen LogP) is 2.32. The van der Waals surface area contributed by atoms with Crippen LogP contribution in [0.3, 0.4) is 0 Å². The van der Waals surface area contributed by atoms with Crippen molar-refractivity contribution in [1.82, 2.24) is 10.2 Å². The molecule has 4 nitrogen and oxygen atoms in total. The second-order valence-corrected chi connectivity index (χ2v) is 5.82. The first-order valence-corrected chi connectivity index (χ1v) is 7.29. The van der Waals surface area contributed by atoms with Gasteiger partial charge in [-0.05, 0) is 18.9 Å². The fraction of sp³-hybridized carbons (Fsp3) is 0.562. The Morgan fingerprint density at radius 1 is 1.38 bits per heavy atom. The Hall–Kier alpha value is -1.46. The molecule has 0 aromatic heterocycles. The van der Waals surface area contributed by atoms with Crippen molar-refractivity contribution >= 4 is 5.91 Å².